The normalized spacial score (nSPS) is 15.8. The fourth-order valence-corrected chi connectivity index (χ4v) is 2.92. The van der Waals surface area contributed by atoms with Crippen molar-refractivity contribution in [2.24, 2.45) is 0 Å². The smallest absolute Gasteiger partial charge is 0.350 e. The molecule has 1 saturated heterocycles. The third kappa shape index (κ3) is 3.49. The number of nitrogens with one attached hydrogen (secondary N) is 1. The van der Waals surface area contributed by atoms with Gasteiger partial charge in [0.15, 0.2) is 11.3 Å². The standard InChI is InChI=1S/C20H18N4O5/c1-11-8-15(21-10-12-18(26)28-20(2,3)29-19(12)27)17(25)16(9-11)24-22-13-6-4-5-7-14(13)23-24/h4-10,21,25H,1-3H3. The van der Waals surface area contributed by atoms with Gasteiger partial charge in [-0.2, -0.15) is 0 Å². The summed E-state index contributed by atoms with van der Waals surface area (Å²) in [7, 11) is 0. The molecule has 0 atom stereocenters. The number of esters is 2. The van der Waals surface area contributed by atoms with Gasteiger partial charge < -0.3 is 19.9 Å². The van der Waals surface area contributed by atoms with Crippen LogP contribution in [0.15, 0.2) is 48.2 Å². The van der Waals surface area contributed by atoms with E-state index in [0.717, 1.165) is 11.8 Å². The second-order valence-electron chi connectivity index (χ2n) is 7.04. The summed E-state index contributed by atoms with van der Waals surface area (Å²) in [6, 6.07) is 10.7. The third-order valence-corrected chi connectivity index (χ3v) is 4.23. The number of carbonyl (C=O) groups excluding carboxylic acids is 2. The molecule has 2 heterocycles. The summed E-state index contributed by atoms with van der Waals surface area (Å²) in [5.41, 5.74) is 2.46. The maximum Gasteiger partial charge on any atom is 0.350 e. The van der Waals surface area contributed by atoms with Crippen LogP contribution in [0.3, 0.4) is 0 Å². The monoisotopic (exact) mass is 394 g/mol. The molecule has 0 amide bonds. The zero-order valence-corrected chi connectivity index (χ0v) is 16.0. The highest BCUT2D eigenvalue weighted by molar-refractivity contribution is 6.15. The molecule has 148 valence electrons. The molecule has 0 spiro atoms. The fraction of sp³-hybridized carbons (Fsp3) is 0.200. The van der Waals surface area contributed by atoms with Gasteiger partial charge in [-0.3, -0.25) is 0 Å². The summed E-state index contributed by atoms with van der Waals surface area (Å²) in [5, 5.41) is 22.2. The number of carbonyl (C=O) groups is 2. The molecular formula is C20H18N4O5. The molecule has 9 nitrogen and oxygen atoms in total. The minimum atomic E-state index is -1.32. The van der Waals surface area contributed by atoms with Crippen LogP contribution in [0, 0.1) is 6.92 Å². The molecule has 1 aromatic heterocycles. The van der Waals surface area contributed by atoms with Gasteiger partial charge in [-0.05, 0) is 36.8 Å². The van der Waals surface area contributed by atoms with Crippen LogP contribution in [0.4, 0.5) is 5.69 Å². The Labute approximate surface area is 165 Å². The van der Waals surface area contributed by atoms with Crippen LogP contribution in [-0.2, 0) is 19.1 Å². The number of phenols is 1. The van der Waals surface area contributed by atoms with Crippen molar-refractivity contribution in [3.05, 3.63) is 53.7 Å². The average molecular weight is 394 g/mol. The largest absolute Gasteiger partial charge is 0.504 e. The van der Waals surface area contributed by atoms with Gasteiger partial charge in [0.05, 0.1) is 5.69 Å². The number of fused-ring (bicyclic) bond motifs is 1. The van der Waals surface area contributed by atoms with Gasteiger partial charge in [0.2, 0.25) is 0 Å². The van der Waals surface area contributed by atoms with E-state index in [1.165, 1.54) is 18.6 Å². The predicted molar refractivity (Wildman–Crippen MR) is 103 cm³/mol. The van der Waals surface area contributed by atoms with Gasteiger partial charge in [0.1, 0.15) is 16.7 Å². The Bertz CT molecular complexity index is 1120. The first-order chi connectivity index (χ1) is 13.7. The Morgan fingerprint density at radius 3 is 2.24 bits per heavy atom. The highest BCUT2D eigenvalue weighted by Gasteiger charge is 2.39. The number of aromatic hydroxyl groups is 1. The summed E-state index contributed by atoms with van der Waals surface area (Å²) in [6.07, 6.45) is 1.14. The Hall–Kier alpha value is -3.88. The van der Waals surface area contributed by atoms with Crippen molar-refractivity contribution in [1.82, 2.24) is 15.0 Å². The van der Waals surface area contributed by atoms with E-state index >= 15 is 0 Å². The van der Waals surface area contributed by atoms with Crippen LogP contribution >= 0.6 is 0 Å². The lowest BCUT2D eigenvalue weighted by molar-refractivity contribution is -0.222. The highest BCUT2D eigenvalue weighted by atomic mass is 16.7. The molecule has 4 rings (SSSR count). The molecule has 2 aromatic carbocycles. The van der Waals surface area contributed by atoms with E-state index in [-0.39, 0.29) is 17.0 Å². The second kappa shape index (κ2) is 6.62. The number of nitrogens with zero attached hydrogens (tertiary/aromatic N) is 3. The molecule has 1 fully saturated rings. The summed E-state index contributed by atoms with van der Waals surface area (Å²) < 4.78 is 10.1. The van der Waals surface area contributed by atoms with Crippen molar-refractivity contribution in [3.8, 4) is 11.4 Å². The lowest BCUT2D eigenvalue weighted by Crippen LogP contribution is -2.42. The molecular weight excluding hydrogens is 376 g/mol. The van der Waals surface area contributed by atoms with E-state index in [1.54, 1.807) is 12.1 Å². The van der Waals surface area contributed by atoms with E-state index in [2.05, 4.69) is 15.5 Å². The molecule has 0 radical (unpaired) electrons. The van der Waals surface area contributed by atoms with Crippen molar-refractivity contribution in [2.45, 2.75) is 26.6 Å². The van der Waals surface area contributed by atoms with Gasteiger partial charge in [0, 0.05) is 20.0 Å². The molecule has 2 N–H and O–H groups in total. The van der Waals surface area contributed by atoms with E-state index in [0.29, 0.717) is 16.7 Å². The lowest BCUT2D eigenvalue weighted by atomic mass is 10.1. The molecule has 3 aromatic rings. The van der Waals surface area contributed by atoms with Crippen molar-refractivity contribution in [3.63, 3.8) is 0 Å². The molecule has 0 unspecified atom stereocenters. The van der Waals surface area contributed by atoms with Crippen molar-refractivity contribution < 1.29 is 24.2 Å². The number of cyclic esters (lactones) is 2. The average Bonchev–Trinajstić information content (AvgIpc) is 3.06. The number of aryl methyl sites for hydroxylation is 1. The van der Waals surface area contributed by atoms with Gasteiger partial charge in [-0.25, -0.2) is 9.59 Å². The summed E-state index contributed by atoms with van der Waals surface area (Å²) >= 11 is 0. The molecule has 9 heteroatoms. The number of hydrogen-bond acceptors (Lipinski definition) is 8. The van der Waals surface area contributed by atoms with Gasteiger partial charge in [-0.1, -0.05) is 12.1 Å². The maximum atomic E-state index is 12.1. The predicted octanol–water partition coefficient (Wildman–Crippen LogP) is 2.57. The number of phenolic OH excluding ortho intramolecular Hbond substituents is 1. The summed E-state index contributed by atoms with van der Waals surface area (Å²) in [6.45, 7) is 4.76. The zero-order chi connectivity index (χ0) is 20.8. The topological polar surface area (TPSA) is 116 Å². The van der Waals surface area contributed by atoms with Crippen LogP contribution in [0.5, 0.6) is 5.75 Å². The van der Waals surface area contributed by atoms with Crippen molar-refractivity contribution in [1.29, 1.82) is 0 Å². The number of rotatable bonds is 3. The van der Waals surface area contributed by atoms with E-state index < -0.39 is 17.7 Å². The second-order valence-corrected chi connectivity index (χ2v) is 7.04. The maximum absolute atomic E-state index is 12.1. The van der Waals surface area contributed by atoms with Crippen molar-refractivity contribution >= 4 is 28.7 Å². The van der Waals surface area contributed by atoms with Crippen LogP contribution in [0.2, 0.25) is 0 Å². The minimum Gasteiger partial charge on any atom is -0.504 e. The third-order valence-electron chi connectivity index (χ3n) is 4.23. The molecule has 0 aliphatic carbocycles. The number of benzene rings is 2. The fourth-order valence-electron chi connectivity index (χ4n) is 2.92. The van der Waals surface area contributed by atoms with Crippen molar-refractivity contribution in [2.75, 3.05) is 5.32 Å². The van der Waals surface area contributed by atoms with Gasteiger partial charge >= 0.3 is 11.9 Å². The first kappa shape index (κ1) is 18.5. The quantitative estimate of drug-likeness (QED) is 0.301. The van der Waals surface area contributed by atoms with E-state index in [4.69, 9.17) is 9.47 Å². The molecule has 1 aliphatic heterocycles. The number of hydrogen-bond donors (Lipinski definition) is 2. The Morgan fingerprint density at radius 2 is 1.66 bits per heavy atom. The van der Waals surface area contributed by atoms with Crippen LogP contribution in [0.1, 0.15) is 19.4 Å². The molecule has 0 saturated carbocycles. The number of anilines is 1. The number of ether oxygens (including phenoxy) is 2. The molecule has 29 heavy (non-hydrogen) atoms. The molecule has 1 aliphatic rings. The Morgan fingerprint density at radius 1 is 1.07 bits per heavy atom. The summed E-state index contributed by atoms with van der Waals surface area (Å²) in [5.74, 6) is -3.10. The van der Waals surface area contributed by atoms with Crippen LogP contribution in [-0.4, -0.2) is 37.8 Å². The highest BCUT2D eigenvalue weighted by Crippen LogP contribution is 2.32. The molecule has 0 bridgehead atoms. The van der Waals surface area contributed by atoms with E-state index in [1.807, 2.05) is 31.2 Å². The van der Waals surface area contributed by atoms with E-state index in [9.17, 15) is 14.7 Å². The minimum absolute atomic E-state index is 0.148. The first-order valence-electron chi connectivity index (χ1n) is 8.83. The Kier molecular flexibility index (Phi) is 4.22. The lowest BCUT2D eigenvalue weighted by Gasteiger charge is -2.29. The van der Waals surface area contributed by atoms with Gasteiger partial charge in [0.25, 0.3) is 5.79 Å². The van der Waals surface area contributed by atoms with Crippen LogP contribution in [0.25, 0.3) is 16.7 Å². The first-order valence-corrected chi connectivity index (χ1v) is 8.83. The van der Waals surface area contributed by atoms with Crippen LogP contribution < -0.4 is 5.32 Å². The zero-order valence-electron chi connectivity index (χ0n) is 16.0. The summed E-state index contributed by atoms with van der Waals surface area (Å²) in [4.78, 5) is 25.5. The number of aromatic nitrogens is 3. The van der Waals surface area contributed by atoms with Gasteiger partial charge in [-0.15, -0.1) is 15.0 Å². The SMILES string of the molecule is Cc1cc(NC=C2C(=O)OC(C)(C)OC2=O)c(O)c(-n2nc3ccccc3n2)c1. The Balaban J connectivity index is 1.69.